The number of aryl methyl sites for hydroxylation is 1. The molecule has 4 rings (SSSR count). The molecule has 7 heteroatoms. The number of carbonyl (C=O) groups excluding carboxylic acids is 2. The number of hydrogen-bond acceptors (Lipinski definition) is 5. The Hall–Kier alpha value is -3.16. The number of ether oxygens (including phenoxy) is 2. The van der Waals surface area contributed by atoms with Crippen LogP contribution in [0.1, 0.15) is 38.8 Å². The average Bonchev–Trinajstić information content (AvgIpc) is 3.37. The summed E-state index contributed by atoms with van der Waals surface area (Å²) in [6.45, 7) is 4.03. The van der Waals surface area contributed by atoms with Crippen molar-refractivity contribution in [3.63, 3.8) is 0 Å². The van der Waals surface area contributed by atoms with E-state index in [1.165, 1.54) is 10.4 Å². The van der Waals surface area contributed by atoms with E-state index < -0.39 is 0 Å². The fourth-order valence-corrected chi connectivity index (χ4v) is 5.28. The molecule has 0 saturated carbocycles. The Morgan fingerprint density at radius 1 is 1.09 bits per heavy atom. The van der Waals surface area contributed by atoms with E-state index >= 15 is 0 Å². The topological polar surface area (TPSA) is 59.1 Å². The lowest BCUT2D eigenvalue weighted by Gasteiger charge is -2.37. The van der Waals surface area contributed by atoms with Crippen LogP contribution in [-0.2, 0) is 16.0 Å². The first-order valence-corrected chi connectivity index (χ1v) is 12.8. The second-order valence-corrected chi connectivity index (χ2v) is 9.72. The number of fused-ring (bicyclic) bond motifs is 1. The monoisotopic (exact) mass is 492 g/mol. The van der Waals surface area contributed by atoms with Crippen LogP contribution >= 0.6 is 11.3 Å². The van der Waals surface area contributed by atoms with Gasteiger partial charge in [-0.1, -0.05) is 35.9 Å². The van der Waals surface area contributed by atoms with E-state index in [0.29, 0.717) is 38.3 Å². The van der Waals surface area contributed by atoms with Crippen molar-refractivity contribution >= 4 is 23.2 Å². The van der Waals surface area contributed by atoms with Crippen molar-refractivity contribution in [2.45, 2.75) is 25.8 Å². The van der Waals surface area contributed by atoms with Crippen molar-refractivity contribution in [2.24, 2.45) is 0 Å². The molecule has 1 aliphatic rings. The Labute approximate surface area is 211 Å². The highest BCUT2D eigenvalue weighted by Gasteiger charge is 2.33. The van der Waals surface area contributed by atoms with Gasteiger partial charge in [0.25, 0.3) is 5.91 Å². The maximum Gasteiger partial charge on any atom is 0.254 e. The Morgan fingerprint density at radius 3 is 2.60 bits per heavy atom. The fraction of sp³-hybridized carbons (Fsp3) is 0.357. The minimum atomic E-state index is -0.188. The molecule has 35 heavy (non-hydrogen) atoms. The molecule has 2 aromatic carbocycles. The number of thiophene rings is 1. The summed E-state index contributed by atoms with van der Waals surface area (Å²) < 4.78 is 11.3. The van der Waals surface area contributed by atoms with Crippen molar-refractivity contribution in [2.75, 3.05) is 40.0 Å². The summed E-state index contributed by atoms with van der Waals surface area (Å²) in [6, 6.07) is 19.0. The predicted octanol–water partition coefficient (Wildman–Crippen LogP) is 4.74. The van der Waals surface area contributed by atoms with E-state index in [0.717, 1.165) is 17.7 Å². The number of carbonyl (C=O) groups is 2. The highest BCUT2D eigenvalue weighted by Crippen LogP contribution is 2.34. The lowest BCUT2D eigenvalue weighted by molar-refractivity contribution is -0.135. The zero-order valence-corrected chi connectivity index (χ0v) is 21.1. The van der Waals surface area contributed by atoms with Gasteiger partial charge in [-0.25, -0.2) is 0 Å². The van der Waals surface area contributed by atoms with Gasteiger partial charge < -0.3 is 19.3 Å². The van der Waals surface area contributed by atoms with E-state index in [9.17, 15) is 9.59 Å². The van der Waals surface area contributed by atoms with Gasteiger partial charge in [-0.3, -0.25) is 9.59 Å². The molecule has 0 aliphatic carbocycles. The summed E-state index contributed by atoms with van der Waals surface area (Å²) in [5, 5.41) is 2.08. The number of benzene rings is 2. The first-order valence-electron chi connectivity index (χ1n) is 11.9. The third-order valence-electron chi connectivity index (χ3n) is 6.25. The lowest BCUT2D eigenvalue weighted by atomic mass is 10.0. The van der Waals surface area contributed by atoms with E-state index in [2.05, 4.69) is 11.4 Å². The molecular formula is C28H32N2O4S. The van der Waals surface area contributed by atoms with Gasteiger partial charge >= 0.3 is 0 Å². The first-order chi connectivity index (χ1) is 17.1. The number of hydrogen-bond donors (Lipinski definition) is 0. The van der Waals surface area contributed by atoms with E-state index in [-0.39, 0.29) is 24.4 Å². The largest absolute Gasteiger partial charge is 0.491 e. The normalized spacial score (nSPS) is 14.9. The first kappa shape index (κ1) is 24.9. The van der Waals surface area contributed by atoms with Crippen LogP contribution in [0.4, 0.5) is 0 Å². The highest BCUT2D eigenvalue weighted by atomic mass is 32.1. The third-order valence-corrected chi connectivity index (χ3v) is 7.25. The lowest BCUT2D eigenvalue weighted by Crippen LogP contribution is -2.48. The summed E-state index contributed by atoms with van der Waals surface area (Å²) in [7, 11) is 1.64. The predicted molar refractivity (Wildman–Crippen MR) is 138 cm³/mol. The average molecular weight is 493 g/mol. The number of methoxy groups -OCH3 is 1. The van der Waals surface area contributed by atoms with Crippen LogP contribution in [0.15, 0.2) is 66.0 Å². The Bertz CT molecular complexity index is 1110. The molecule has 2 heterocycles. The second-order valence-electron chi connectivity index (χ2n) is 8.72. The molecule has 184 valence electrons. The quantitative estimate of drug-likeness (QED) is 0.384. The van der Waals surface area contributed by atoms with Gasteiger partial charge in [-0.2, -0.15) is 0 Å². The Balaban J connectivity index is 1.51. The molecule has 0 saturated heterocycles. The van der Waals surface area contributed by atoms with E-state index in [1.807, 2.05) is 54.3 Å². The van der Waals surface area contributed by atoms with Crippen molar-refractivity contribution in [3.05, 3.63) is 87.6 Å². The molecule has 0 radical (unpaired) electrons. The Kier molecular flexibility index (Phi) is 8.55. The molecule has 3 aromatic rings. The summed E-state index contributed by atoms with van der Waals surface area (Å²) in [4.78, 5) is 31.7. The minimum absolute atomic E-state index is 0.0257. The highest BCUT2D eigenvalue weighted by molar-refractivity contribution is 7.10. The smallest absolute Gasteiger partial charge is 0.254 e. The second kappa shape index (κ2) is 12.0. The number of amides is 2. The number of rotatable bonds is 10. The standard InChI is InChI=1S/C28H32N2O4S/c1-21-9-11-23(12-10-21)34-20-25-24-14-18-35-26(24)13-16-30(25)27(31)19-29(15-6-17-33-2)28(32)22-7-4-3-5-8-22/h3-5,7-12,14,18,25H,6,13,15-17,19-20H2,1-2H3/t25-/m1/s1. The molecule has 0 N–H and O–H groups in total. The van der Waals surface area contributed by atoms with Crippen LogP contribution in [0, 0.1) is 6.92 Å². The maximum absolute atomic E-state index is 13.6. The van der Waals surface area contributed by atoms with Crippen LogP contribution in [-0.4, -0.2) is 61.6 Å². The molecule has 0 fully saturated rings. The molecule has 6 nitrogen and oxygen atoms in total. The van der Waals surface area contributed by atoms with E-state index in [4.69, 9.17) is 9.47 Å². The Morgan fingerprint density at radius 2 is 1.86 bits per heavy atom. The molecule has 0 spiro atoms. The van der Waals surface area contributed by atoms with Gasteiger partial charge in [-0.05, 0) is 61.0 Å². The van der Waals surface area contributed by atoms with Gasteiger partial charge in [0, 0.05) is 37.2 Å². The van der Waals surface area contributed by atoms with Crippen LogP contribution in [0.3, 0.4) is 0 Å². The van der Waals surface area contributed by atoms with Gasteiger partial charge in [0.05, 0.1) is 6.04 Å². The zero-order valence-electron chi connectivity index (χ0n) is 20.3. The summed E-state index contributed by atoms with van der Waals surface area (Å²) >= 11 is 1.72. The van der Waals surface area contributed by atoms with E-state index in [1.54, 1.807) is 35.5 Å². The SMILES string of the molecule is COCCCN(CC(=O)N1CCc2sccc2[C@H]1COc1ccc(C)cc1)C(=O)c1ccccc1. The maximum atomic E-state index is 13.6. The molecule has 2 amide bonds. The molecule has 0 unspecified atom stereocenters. The zero-order chi connectivity index (χ0) is 24.6. The molecule has 1 aromatic heterocycles. The van der Waals surface area contributed by atoms with Crippen LogP contribution < -0.4 is 4.74 Å². The van der Waals surface area contributed by atoms with Gasteiger partial charge in [0.1, 0.15) is 18.9 Å². The van der Waals surface area contributed by atoms with Gasteiger partial charge in [-0.15, -0.1) is 11.3 Å². The van der Waals surface area contributed by atoms with Gasteiger partial charge in [0.15, 0.2) is 0 Å². The summed E-state index contributed by atoms with van der Waals surface area (Å²) in [6.07, 6.45) is 1.48. The van der Waals surface area contributed by atoms with Gasteiger partial charge in [0.2, 0.25) is 5.91 Å². The van der Waals surface area contributed by atoms with Crippen LogP contribution in [0.25, 0.3) is 0 Å². The molecular weight excluding hydrogens is 460 g/mol. The van der Waals surface area contributed by atoms with Crippen molar-refractivity contribution in [3.8, 4) is 5.75 Å². The minimum Gasteiger partial charge on any atom is -0.491 e. The summed E-state index contributed by atoms with van der Waals surface area (Å²) in [5.41, 5.74) is 2.89. The summed E-state index contributed by atoms with van der Waals surface area (Å²) in [5.74, 6) is 0.572. The third kappa shape index (κ3) is 6.29. The fourth-order valence-electron chi connectivity index (χ4n) is 4.35. The van der Waals surface area contributed by atoms with Crippen molar-refractivity contribution < 1.29 is 19.1 Å². The van der Waals surface area contributed by atoms with Crippen molar-refractivity contribution in [1.82, 2.24) is 9.80 Å². The number of nitrogens with zero attached hydrogens (tertiary/aromatic N) is 2. The molecule has 1 aliphatic heterocycles. The molecule has 0 bridgehead atoms. The van der Waals surface area contributed by atoms with Crippen LogP contribution in [0.5, 0.6) is 5.75 Å². The van der Waals surface area contributed by atoms with Crippen LogP contribution in [0.2, 0.25) is 0 Å². The molecule has 1 atom stereocenters. The van der Waals surface area contributed by atoms with Crippen molar-refractivity contribution in [1.29, 1.82) is 0 Å².